The van der Waals surface area contributed by atoms with Gasteiger partial charge in [0.2, 0.25) is 0 Å². The van der Waals surface area contributed by atoms with Gasteiger partial charge in [-0.2, -0.15) is 13.2 Å². The maximum absolute atomic E-state index is 12.8. The van der Waals surface area contributed by atoms with Crippen LogP contribution in [0.15, 0.2) is 54.6 Å². The fourth-order valence-electron chi connectivity index (χ4n) is 2.17. The number of hydrogen-bond acceptors (Lipinski definition) is 1. The molecule has 0 bridgehead atoms. The second-order valence-corrected chi connectivity index (χ2v) is 4.99. The molecule has 0 amide bonds. The van der Waals surface area contributed by atoms with E-state index >= 15 is 0 Å². The number of rotatable bonds is 5. The Balaban J connectivity index is 2.37. The van der Waals surface area contributed by atoms with Gasteiger partial charge in [0.1, 0.15) is 0 Å². The molecule has 5 heteroatoms. The SMILES string of the molecule is FC(F)(F)c1cccc(C(NCCCl)c2ccccc2)c1. The van der Waals surface area contributed by atoms with Gasteiger partial charge < -0.3 is 5.32 Å². The summed E-state index contributed by atoms with van der Waals surface area (Å²) >= 11 is 5.68. The Morgan fingerprint density at radius 1 is 0.952 bits per heavy atom. The molecule has 0 aromatic heterocycles. The first-order chi connectivity index (χ1) is 10.0. The molecule has 2 rings (SSSR count). The molecule has 0 heterocycles. The van der Waals surface area contributed by atoms with Gasteiger partial charge >= 0.3 is 6.18 Å². The quantitative estimate of drug-likeness (QED) is 0.794. The molecule has 0 fully saturated rings. The van der Waals surface area contributed by atoms with Crippen molar-refractivity contribution in [2.24, 2.45) is 0 Å². The van der Waals surface area contributed by atoms with Gasteiger partial charge in [-0.1, -0.05) is 42.5 Å². The molecule has 1 unspecified atom stereocenters. The molecule has 0 saturated heterocycles. The van der Waals surface area contributed by atoms with Crippen molar-refractivity contribution in [1.82, 2.24) is 5.32 Å². The van der Waals surface area contributed by atoms with Crippen LogP contribution in [0.3, 0.4) is 0 Å². The Kier molecular flexibility index (Phi) is 5.26. The fraction of sp³-hybridized carbons (Fsp3) is 0.250. The van der Waals surface area contributed by atoms with Gasteiger partial charge in [-0.15, -0.1) is 11.6 Å². The zero-order valence-electron chi connectivity index (χ0n) is 11.2. The van der Waals surface area contributed by atoms with E-state index in [0.717, 1.165) is 11.6 Å². The van der Waals surface area contributed by atoms with Crippen LogP contribution in [0, 0.1) is 0 Å². The van der Waals surface area contributed by atoms with E-state index in [1.165, 1.54) is 12.1 Å². The number of halogens is 4. The lowest BCUT2D eigenvalue weighted by Gasteiger charge is -2.20. The molecule has 1 N–H and O–H groups in total. The second-order valence-electron chi connectivity index (χ2n) is 4.61. The summed E-state index contributed by atoms with van der Waals surface area (Å²) in [7, 11) is 0. The van der Waals surface area contributed by atoms with Crippen molar-refractivity contribution in [3.8, 4) is 0 Å². The predicted octanol–water partition coefficient (Wildman–Crippen LogP) is 4.62. The highest BCUT2D eigenvalue weighted by Crippen LogP contribution is 2.32. The van der Waals surface area contributed by atoms with E-state index in [-0.39, 0.29) is 6.04 Å². The molecule has 1 atom stereocenters. The van der Waals surface area contributed by atoms with Gasteiger partial charge in [0.25, 0.3) is 0 Å². The monoisotopic (exact) mass is 313 g/mol. The summed E-state index contributed by atoms with van der Waals surface area (Å²) in [4.78, 5) is 0. The first kappa shape index (κ1) is 15.9. The molecule has 0 radical (unpaired) electrons. The molecule has 1 nitrogen and oxygen atoms in total. The van der Waals surface area contributed by atoms with Gasteiger partial charge in [0.05, 0.1) is 11.6 Å². The Labute approximate surface area is 126 Å². The number of hydrogen-bond donors (Lipinski definition) is 1. The van der Waals surface area contributed by atoms with Crippen LogP contribution in [0.4, 0.5) is 13.2 Å². The molecule has 0 saturated carbocycles. The minimum absolute atomic E-state index is 0.313. The van der Waals surface area contributed by atoms with Gasteiger partial charge in [0.15, 0.2) is 0 Å². The third kappa shape index (κ3) is 4.22. The Morgan fingerprint density at radius 2 is 1.62 bits per heavy atom. The highest BCUT2D eigenvalue weighted by molar-refractivity contribution is 6.18. The standard InChI is InChI=1S/C16H15ClF3N/c17-9-10-21-15(12-5-2-1-3-6-12)13-7-4-8-14(11-13)16(18,19)20/h1-8,11,15,21H,9-10H2. The smallest absolute Gasteiger partial charge is 0.305 e. The summed E-state index contributed by atoms with van der Waals surface area (Å²) in [6.45, 7) is 0.511. The van der Waals surface area contributed by atoms with E-state index in [0.29, 0.717) is 18.0 Å². The highest BCUT2D eigenvalue weighted by Gasteiger charge is 2.31. The van der Waals surface area contributed by atoms with Crippen LogP contribution >= 0.6 is 11.6 Å². The molecule has 2 aromatic carbocycles. The van der Waals surface area contributed by atoms with Crippen LogP contribution in [0.2, 0.25) is 0 Å². The molecule has 2 aromatic rings. The minimum Gasteiger partial charge on any atom is -0.305 e. The zero-order chi connectivity index (χ0) is 15.3. The summed E-state index contributed by atoms with van der Waals surface area (Å²) in [5.74, 6) is 0.391. The van der Waals surface area contributed by atoms with E-state index in [1.54, 1.807) is 6.07 Å². The Bertz CT molecular complexity index is 569. The van der Waals surface area contributed by atoms with Crippen molar-refractivity contribution in [1.29, 1.82) is 0 Å². The minimum atomic E-state index is -4.34. The van der Waals surface area contributed by atoms with E-state index in [2.05, 4.69) is 5.32 Å². The molecule has 0 aliphatic heterocycles. The summed E-state index contributed by atoms with van der Waals surface area (Å²) in [6.07, 6.45) is -4.34. The highest BCUT2D eigenvalue weighted by atomic mass is 35.5. The molecule has 112 valence electrons. The third-order valence-corrected chi connectivity index (χ3v) is 3.31. The summed E-state index contributed by atoms with van der Waals surface area (Å²) < 4.78 is 38.5. The van der Waals surface area contributed by atoms with Crippen LogP contribution in [-0.2, 0) is 6.18 Å². The average molecular weight is 314 g/mol. The van der Waals surface area contributed by atoms with Crippen LogP contribution in [0.1, 0.15) is 22.7 Å². The first-order valence-electron chi connectivity index (χ1n) is 6.54. The summed E-state index contributed by atoms with van der Waals surface area (Å²) in [6, 6.07) is 14.4. The van der Waals surface area contributed by atoms with Crippen LogP contribution in [0.25, 0.3) is 0 Å². The Morgan fingerprint density at radius 3 is 2.24 bits per heavy atom. The third-order valence-electron chi connectivity index (χ3n) is 3.12. The lowest BCUT2D eigenvalue weighted by atomic mass is 9.97. The summed E-state index contributed by atoms with van der Waals surface area (Å²) in [5, 5.41) is 3.18. The number of nitrogens with one attached hydrogen (secondary N) is 1. The normalized spacial score (nSPS) is 13.1. The molecular formula is C16H15ClF3N. The maximum atomic E-state index is 12.8. The number of benzene rings is 2. The largest absolute Gasteiger partial charge is 0.416 e. The van der Waals surface area contributed by atoms with E-state index in [1.807, 2.05) is 30.3 Å². The van der Waals surface area contributed by atoms with Crippen molar-refractivity contribution >= 4 is 11.6 Å². The van der Waals surface area contributed by atoms with Crippen molar-refractivity contribution in [3.05, 3.63) is 71.3 Å². The predicted molar refractivity (Wildman–Crippen MR) is 78.5 cm³/mol. The van der Waals surface area contributed by atoms with Crippen molar-refractivity contribution < 1.29 is 13.2 Å². The number of alkyl halides is 4. The van der Waals surface area contributed by atoms with Crippen molar-refractivity contribution in [3.63, 3.8) is 0 Å². The van der Waals surface area contributed by atoms with Crippen molar-refractivity contribution in [2.45, 2.75) is 12.2 Å². The molecule has 0 aliphatic carbocycles. The average Bonchev–Trinajstić information content (AvgIpc) is 2.48. The molecule has 0 aliphatic rings. The van der Waals surface area contributed by atoms with Crippen LogP contribution in [0.5, 0.6) is 0 Å². The first-order valence-corrected chi connectivity index (χ1v) is 7.07. The maximum Gasteiger partial charge on any atom is 0.416 e. The second kappa shape index (κ2) is 6.96. The molecule has 21 heavy (non-hydrogen) atoms. The lowest BCUT2D eigenvalue weighted by Crippen LogP contribution is -2.24. The summed E-state index contributed by atoms with van der Waals surface area (Å²) in [5.41, 5.74) is 0.830. The van der Waals surface area contributed by atoms with E-state index in [9.17, 15) is 13.2 Å². The molecule has 0 spiro atoms. The Hall–Kier alpha value is -1.52. The van der Waals surface area contributed by atoms with E-state index < -0.39 is 11.7 Å². The van der Waals surface area contributed by atoms with Gasteiger partial charge in [-0.3, -0.25) is 0 Å². The fourth-order valence-corrected chi connectivity index (χ4v) is 2.28. The van der Waals surface area contributed by atoms with Gasteiger partial charge in [-0.25, -0.2) is 0 Å². The lowest BCUT2D eigenvalue weighted by molar-refractivity contribution is -0.137. The van der Waals surface area contributed by atoms with Gasteiger partial charge in [0, 0.05) is 12.4 Å². The van der Waals surface area contributed by atoms with Gasteiger partial charge in [-0.05, 0) is 23.3 Å². The van der Waals surface area contributed by atoms with Crippen LogP contribution < -0.4 is 5.32 Å². The molecular weight excluding hydrogens is 299 g/mol. The van der Waals surface area contributed by atoms with Crippen molar-refractivity contribution in [2.75, 3.05) is 12.4 Å². The zero-order valence-corrected chi connectivity index (χ0v) is 12.0. The van der Waals surface area contributed by atoms with Crippen LogP contribution in [-0.4, -0.2) is 12.4 Å². The van der Waals surface area contributed by atoms with E-state index in [4.69, 9.17) is 11.6 Å². The topological polar surface area (TPSA) is 12.0 Å².